The summed E-state index contributed by atoms with van der Waals surface area (Å²) in [6, 6.07) is 3.68. The number of methoxy groups -OCH3 is 1. The molecule has 3 rings (SSSR count). The average molecular weight is 319 g/mol. The molecule has 0 radical (unpaired) electrons. The summed E-state index contributed by atoms with van der Waals surface area (Å²) in [5.74, 6) is 2.62. The number of carbonyl (C=O) groups excluding carboxylic acids is 1. The molecule has 1 aromatic rings. The Morgan fingerprint density at radius 2 is 1.87 bits per heavy atom. The van der Waals surface area contributed by atoms with Crippen LogP contribution < -0.4 is 19.5 Å². The fraction of sp³-hybridized carbons (Fsp3) is 0.611. The monoisotopic (exact) mass is 319 g/mol. The smallest absolute Gasteiger partial charge is 0.251 e. The third-order valence-corrected chi connectivity index (χ3v) is 4.93. The van der Waals surface area contributed by atoms with Crippen molar-refractivity contribution >= 4 is 5.91 Å². The van der Waals surface area contributed by atoms with E-state index >= 15 is 0 Å². The summed E-state index contributed by atoms with van der Waals surface area (Å²) in [4.78, 5) is 12.7. The standard InChI is InChI=1S/C18H25NO4/c1-11-5-4-6-12(2)16(11)19-18(20)13-9-14(21-3)17-15(10-13)22-7-8-23-17/h9-12,16H,4-8H2,1-3H3,(H,19,20). The Bertz CT molecular complexity index is 559. The van der Waals surface area contributed by atoms with E-state index in [9.17, 15) is 4.79 Å². The first-order valence-electron chi connectivity index (χ1n) is 8.38. The average Bonchev–Trinajstić information content (AvgIpc) is 2.57. The highest BCUT2D eigenvalue weighted by Crippen LogP contribution is 2.40. The van der Waals surface area contributed by atoms with Gasteiger partial charge in [-0.05, 0) is 36.8 Å². The van der Waals surface area contributed by atoms with Gasteiger partial charge in [0, 0.05) is 11.6 Å². The highest BCUT2D eigenvalue weighted by atomic mass is 16.6. The van der Waals surface area contributed by atoms with Crippen LogP contribution in [0.1, 0.15) is 43.5 Å². The van der Waals surface area contributed by atoms with Crippen LogP contribution in [0, 0.1) is 11.8 Å². The molecule has 0 saturated heterocycles. The molecule has 1 aliphatic carbocycles. The van der Waals surface area contributed by atoms with Crippen LogP contribution in [0.5, 0.6) is 17.2 Å². The molecular weight excluding hydrogens is 294 g/mol. The Morgan fingerprint density at radius 3 is 2.57 bits per heavy atom. The molecule has 126 valence electrons. The predicted molar refractivity (Wildman–Crippen MR) is 87.4 cm³/mol. The molecule has 0 bridgehead atoms. The summed E-state index contributed by atoms with van der Waals surface area (Å²) in [6.07, 6.45) is 3.58. The summed E-state index contributed by atoms with van der Waals surface area (Å²) < 4.78 is 16.5. The molecule has 23 heavy (non-hydrogen) atoms. The molecule has 5 nitrogen and oxygen atoms in total. The van der Waals surface area contributed by atoms with Crippen LogP contribution in [0.3, 0.4) is 0 Å². The minimum Gasteiger partial charge on any atom is -0.493 e. The van der Waals surface area contributed by atoms with E-state index in [0.29, 0.717) is 47.9 Å². The molecule has 0 aromatic heterocycles. The van der Waals surface area contributed by atoms with E-state index in [1.54, 1.807) is 19.2 Å². The predicted octanol–water partition coefficient (Wildman–Crippen LogP) is 3.02. The van der Waals surface area contributed by atoms with E-state index in [-0.39, 0.29) is 11.9 Å². The maximum absolute atomic E-state index is 12.7. The molecule has 2 unspecified atom stereocenters. The molecular formula is C18H25NO4. The minimum absolute atomic E-state index is 0.0779. The topological polar surface area (TPSA) is 56.8 Å². The first kappa shape index (κ1) is 16.0. The number of hydrogen-bond donors (Lipinski definition) is 1. The van der Waals surface area contributed by atoms with Gasteiger partial charge in [-0.1, -0.05) is 20.3 Å². The van der Waals surface area contributed by atoms with Gasteiger partial charge in [0.15, 0.2) is 11.5 Å². The van der Waals surface area contributed by atoms with Crippen molar-refractivity contribution in [3.05, 3.63) is 17.7 Å². The zero-order chi connectivity index (χ0) is 16.4. The number of rotatable bonds is 3. The molecule has 5 heteroatoms. The van der Waals surface area contributed by atoms with E-state index in [4.69, 9.17) is 14.2 Å². The van der Waals surface area contributed by atoms with Crippen LogP contribution in [0.2, 0.25) is 0 Å². The Hall–Kier alpha value is -1.91. The van der Waals surface area contributed by atoms with Crippen molar-refractivity contribution in [3.63, 3.8) is 0 Å². The summed E-state index contributed by atoms with van der Waals surface area (Å²) in [7, 11) is 1.57. The second-order valence-electron chi connectivity index (χ2n) is 6.59. The molecule has 1 saturated carbocycles. The van der Waals surface area contributed by atoms with Crippen LogP contribution in [0.25, 0.3) is 0 Å². The van der Waals surface area contributed by atoms with Crippen molar-refractivity contribution < 1.29 is 19.0 Å². The second-order valence-corrected chi connectivity index (χ2v) is 6.59. The Morgan fingerprint density at radius 1 is 1.17 bits per heavy atom. The lowest BCUT2D eigenvalue weighted by atomic mass is 9.78. The van der Waals surface area contributed by atoms with Crippen molar-refractivity contribution in [2.45, 2.75) is 39.2 Å². The molecule has 1 aliphatic heterocycles. The van der Waals surface area contributed by atoms with Gasteiger partial charge in [0.1, 0.15) is 13.2 Å². The Labute approximate surface area is 137 Å². The van der Waals surface area contributed by atoms with Gasteiger partial charge in [-0.2, -0.15) is 0 Å². The van der Waals surface area contributed by atoms with E-state index < -0.39 is 0 Å². The number of nitrogens with one attached hydrogen (secondary N) is 1. The SMILES string of the molecule is COc1cc(C(=O)NC2C(C)CCCC2C)cc2c1OCCO2. The molecule has 0 spiro atoms. The van der Waals surface area contributed by atoms with Gasteiger partial charge in [0.05, 0.1) is 7.11 Å². The molecule has 1 N–H and O–H groups in total. The Kier molecular flexibility index (Phi) is 4.64. The van der Waals surface area contributed by atoms with Crippen molar-refractivity contribution in [2.24, 2.45) is 11.8 Å². The third kappa shape index (κ3) is 3.23. The third-order valence-electron chi connectivity index (χ3n) is 4.93. The molecule has 2 aliphatic rings. The highest BCUT2D eigenvalue weighted by molar-refractivity contribution is 5.95. The minimum atomic E-state index is -0.0779. The van der Waals surface area contributed by atoms with E-state index in [2.05, 4.69) is 19.2 Å². The van der Waals surface area contributed by atoms with E-state index in [1.165, 1.54) is 19.3 Å². The lowest BCUT2D eigenvalue weighted by Gasteiger charge is -2.35. The quantitative estimate of drug-likeness (QED) is 0.930. The molecule has 1 heterocycles. The number of ether oxygens (including phenoxy) is 3. The maximum Gasteiger partial charge on any atom is 0.251 e. The zero-order valence-electron chi connectivity index (χ0n) is 14.1. The normalized spacial score (nSPS) is 26.5. The van der Waals surface area contributed by atoms with Crippen LogP contribution in [0.15, 0.2) is 12.1 Å². The second kappa shape index (κ2) is 6.69. The number of hydrogen-bond acceptors (Lipinski definition) is 4. The van der Waals surface area contributed by atoms with Crippen molar-refractivity contribution in [1.82, 2.24) is 5.32 Å². The highest BCUT2D eigenvalue weighted by Gasteiger charge is 2.30. The van der Waals surface area contributed by atoms with Crippen LogP contribution >= 0.6 is 0 Å². The number of benzene rings is 1. The van der Waals surface area contributed by atoms with Gasteiger partial charge < -0.3 is 19.5 Å². The molecule has 1 aromatic carbocycles. The van der Waals surface area contributed by atoms with Crippen LogP contribution in [-0.4, -0.2) is 32.3 Å². The Balaban J connectivity index is 1.82. The zero-order valence-corrected chi connectivity index (χ0v) is 14.1. The van der Waals surface area contributed by atoms with Gasteiger partial charge in [-0.15, -0.1) is 0 Å². The van der Waals surface area contributed by atoms with Gasteiger partial charge in [-0.25, -0.2) is 0 Å². The maximum atomic E-state index is 12.7. The van der Waals surface area contributed by atoms with Crippen LogP contribution in [-0.2, 0) is 0 Å². The summed E-state index contributed by atoms with van der Waals surface area (Å²) in [5, 5.41) is 3.20. The number of fused-ring (bicyclic) bond motifs is 1. The van der Waals surface area contributed by atoms with Gasteiger partial charge in [0.2, 0.25) is 5.75 Å². The summed E-state index contributed by atoms with van der Waals surface area (Å²) >= 11 is 0. The first-order chi connectivity index (χ1) is 11.1. The summed E-state index contributed by atoms with van der Waals surface area (Å²) in [5.41, 5.74) is 0.552. The van der Waals surface area contributed by atoms with Crippen molar-refractivity contribution in [2.75, 3.05) is 20.3 Å². The van der Waals surface area contributed by atoms with Gasteiger partial charge in [0.25, 0.3) is 5.91 Å². The fourth-order valence-corrected chi connectivity index (χ4v) is 3.61. The number of amides is 1. The summed E-state index contributed by atoms with van der Waals surface area (Å²) in [6.45, 7) is 5.40. The lowest BCUT2D eigenvalue weighted by Crippen LogP contribution is -2.45. The molecule has 1 fully saturated rings. The van der Waals surface area contributed by atoms with Crippen molar-refractivity contribution in [3.8, 4) is 17.2 Å². The van der Waals surface area contributed by atoms with Gasteiger partial charge in [-0.3, -0.25) is 4.79 Å². The lowest BCUT2D eigenvalue weighted by molar-refractivity contribution is 0.0878. The largest absolute Gasteiger partial charge is 0.493 e. The van der Waals surface area contributed by atoms with E-state index in [0.717, 1.165) is 0 Å². The van der Waals surface area contributed by atoms with Crippen LogP contribution in [0.4, 0.5) is 0 Å². The van der Waals surface area contributed by atoms with Gasteiger partial charge >= 0.3 is 0 Å². The molecule has 1 amide bonds. The van der Waals surface area contributed by atoms with E-state index in [1.807, 2.05) is 0 Å². The number of carbonyl (C=O) groups is 1. The molecule has 2 atom stereocenters. The van der Waals surface area contributed by atoms with Crippen molar-refractivity contribution in [1.29, 1.82) is 0 Å². The fourth-order valence-electron chi connectivity index (χ4n) is 3.61. The first-order valence-corrected chi connectivity index (χ1v) is 8.38.